The van der Waals surface area contributed by atoms with Gasteiger partial charge in [-0.25, -0.2) is 4.39 Å². The quantitative estimate of drug-likeness (QED) is 0.929. The zero-order valence-electron chi connectivity index (χ0n) is 9.61. The summed E-state index contributed by atoms with van der Waals surface area (Å²) in [6.07, 6.45) is 2.15. The Bertz CT molecular complexity index is 592. The molecule has 1 aliphatic carbocycles. The molecule has 2 aromatic rings. The van der Waals surface area contributed by atoms with Crippen LogP contribution < -0.4 is 5.73 Å². The molecule has 2 N–H and O–H groups in total. The highest BCUT2D eigenvalue weighted by Gasteiger charge is 2.30. The topological polar surface area (TPSA) is 56.7 Å². The van der Waals surface area contributed by atoms with Gasteiger partial charge in [-0.15, -0.1) is 10.2 Å². The first kappa shape index (κ1) is 11.6. The van der Waals surface area contributed by atoms with E-state index in [9.17, 15) is 4.39 Å². The first-order chi connectivity index (χ1) is 8.72. The van der Waals surface area contributed by atoms with E-state index in [1.807, 2.05) is 4.57 Å². The number of benzene rings is 1. The van der Waals surface area contributed by atoms with Gasteiger partial charge >= 0.3 is 0 Å². The van der Waals surface area contributed by atoms with Crippen LogP contribution in [0, 0.1) is 5.82 Å². The highest BCUT2D eigenvalue weighted by Crippen LogP contribution is 2.40. The number of halogens is 2. The van der Waals surface area contributed by atoms with E-state index in [2.05, 4.69) is 10.2 Å². The molecule has 18 heavy (non-hydrogen) atoms. The summed E-state index contributed by atoms with van der Waals surface area (Å²) in [5.74, 6) is 0.865. The Morgan fingerprint density at radius 2 is 2.17 bits per heavy atom. The number of rotatable bonds is 3. The van der Waals surface area contributed by atoms with Gasteiger partial charge in [-0.3, -0.25) is 0 Å². The molecule has 0 bridgehead atoms. The molecular formula is C12H12ClFN4. The summed E-state index contributed by atoms with van der Waals surface area (Å²) in [6.45, 7) is 0.316. The normalized spacial score (nSPS) is 15.1. The second kappa shape index (κ2) is 4.33. The van der Waals surface area contributed by atoms with Gasteiger partial charge in [0.1, 0.15) is 11.6 Å². The molecule has 1 saturated carbocycles. The lowest BCUT2D eigenvalue weighted by atomic mass is 10.2. The Morgan fingerprint density at radius 1 is 1.39 bits per heavy atom. The third-order valence-corrected chi connectivity index (χ3v) is 3.44. The van der Waals surface area contributed by atoms with Gasteiger partial charge in [0.2, 0.25) is 0 Å². The smallest absolute Gasteiger partial charge is 0.165 e. The van der Waals surface area contributed by atoms with E-state index in [1.165, 1.54) is 6.07 Å². The predicted octanol–water partition coefficient (Wildman–Crippen LogP) is 2.53. The van der Waals surface area contributed by atoms with Gasteiger partial charge in [0.05, 0.1) is 11.6 Å². The molecule has 0 radical (unpaired) electrons. The van der Waals surface area contributed by atoms with E-state index in [0.717, 1.165) is 12.8 Å². The lowest BCUT2D eigenvalue weighted by molar-refractivity contribution is 0.628. The predicted molar refractivity (Wildman–Crippen MR) is 66.6 cm³/mol. The summed E-state index contributed by atoms with van der Waals surface area (Å²) < 4.78 is 15.5. The third-order valence-electron chi connectivity index (χ3n) is 3.05. The van der Waals surface area contributed by atoms with Crippen LogP contribution in [0.3, 0.4) is 0 Å². The van der Waals surface area contributed by atoms with E-state index < -0.39 is 5.82 Å². The molecule has 1 aromatic carbocycles. The summed E-state index contributed by atoms with van der Waals surface area (Å²) in [5.41, 5.74) is 6.21. The SMILES string of the molecule is NCc1nnc(-c2cccc(F)c2Cl)n1C1CC1. The van der Waals surface area contributed by atoms with Gasteiger partial charge in [0, 0.05) is 11.6 Å². The zero-order valence-corrected chi connectivity index (χ0v) is 10.4. The molecule has 0 spiro atoms. The molecule has 0 amide bonds. The van der Waals surface area contributed by atoms with Gasteiger partial charge in [-0.2, -0.15) is 0 Å². The second-order valence-corrected chi connectivity index (χ2v) is 4.72. The average molecular weight is 267 g/mol. The first-order valence-electron chi connectivity index (χ1n) is 5.80. The monoisotopic (exact) mass is 266 g/mol. The Hall–Kier alpha value is -1.46. The summed E-state index contributed by atoms with van der Waals surface area (Å²) >= 11 is 5.99. The van der Waals surface area contributed by atoms with Crippen molar-refractivity contribution in [1.29, 1.82) is 0 Å². The van der Waals surface area contributed by atoms with Crippen molar-refractivity contribution in [3.63, 3.8) is 0 Å². The van der Waals surface area contributed by atoms with Crippen LogP contribution >= 0.6 is 11.6 Å². The number of hydrogen-bond acceptors (Lipinski definition) is 3. The molecule has 3 rings (SSSR count). The summed E-state index contributed by atoms with van der Waals surface area (Å²) in [4.78, 5) is 0. The fourth-order valence-electron chi connectivity index (χ4n) is 2.04. The van der Waals surface area contributed by atoms with Gasteiger partial charge < -0.3 is 10.3 Å². The molecule has 1 aromatic heterocycles. The van der Waals surface area contributed by atoms with E-state index >= 15 is 0 Å². The van der Waals surface area contributed by atoms with Crippen LogP contribution in [0.1, 0.15) is 24.7 Å². The van der Waals surface area contributed by atoms with Crippen molar-refractivity contribution in [3.8, 4) is 11.4 Å². The van der Waals surface area contributed by atoms with E-state index in [0.29, 0.717) is 29.8 Å². The molecule has 0 saturated heterocycles. The maximum Gasteiger partial charge on any atom is 0.165 e. The van der Waals surface area contributed by atoms with Crippen molar-refractivity contribution >= 4 is 11.6 Å². The summed E-state index contributed by atoms with van der Waals surface area (Å²) in [6, 6.07) is 5.06. The van der Waals surface area contributed by atoms with Crippen molar-refractivity contribution in [3.05, 3.63) is 34.9 Å². The van der Waals surface area contributed by atoms with Crippen LogP contribution in [0.15, 0.2) is 18.2 Å². The minimum absolute atomic E-state index is 0.0790. The minimum Gasteiger partial charge on any atom is -0.324 e. The molecule has 6 heteroatoms. The lowest BCUT2D eigenvalue weighted by Crippen LogP contribution is -2.08. The first-order valence-corrected chi connectivity index (χ1v) is 6.18. The Labute approximate surface area is 109 Å². The third kappa shape index (κ3) is 1.79. The molecule has 4 nitrogen and oxygen atoms in total. The van der Waals surface area contributed by atoms with E-state index in [-0.39, 0.29) is 5.02 Å². The molecule has 94 valence electrons. The Morgan fingerprint density at radius 3 is 2.83 bits per heavy atom. The zero-order chi connectivity index (χ0) is 12.7. The molecule has 1 heterocycles. The fourth-order valence-corrected chi connectivity index (χ4v) is 2.25. The standard InChI is InChI=1S/C12H12ClFN4/c13-11-8(2-1-3-9(11)14)12-17-16-10(6-15)18(12)7-4-5-7/h1-3,7H,4-6,15H2. The molecular weight excluding hydrogens is 255 g/mol. The van der Waals surface area contributed by atoms with Gasteiger partial charge in [0.15, 0.2) is 5.82 Å². The number of aromatic nitrogens is 3. The van der Waals surface area contributed by atoms with Gasteiger partial charge in [-0.05, 0) is 25.0 Å². The molecule has 0 unspecified atom stereocenters. The van der Waals surface area contributed by atoms with Crippen molar-refractivity contribution in [2.75, 3.05) is 0 Å². The Kier molecular flexibility index (Phi) is 2.80. The molecule has 1 fully saturated rings. The summed E-state index contributed by atoms with van der Waals surface area (Å²) in [5, 5.41) is 8.23. The largest absolute Gasteiger partial charge is 0.324 e. The maximum atomic E-state index is 13.5. The average Bonchev–Trinajstić information content (AvgIpc) is 3.12. The van der Waals surface area contributed by atoms with Gasteiger partial charge in [-0.1, -0.05) is 17.7 Å². The van der Waals surface area contributed by atoms with Crippen molar-refractivity contribution in [1.82, 2.24) is 14.8 Å². The highest BCUT2D eigenvalue weighted by atomic mass is 35.5. The lowest BCUT2D eigenvalue weighted by Gasteiger charge is -2.09. The van der Waals surface area contributed by atoms with Crippen LogP contribution in [-0.2, 0) is 6.54 Å². The number of nitrogens with zero attached hydrogens (tertiary/aromatic N) is 3. The summed E-state index contributed by atoms with van der Waals surface area (Å²) in [7, 11) is 0. The minimum atomic E-state index is -0.450. The van der Waals surface area contributed by atoms with Crippen LogP contribution in [0.25, 0.3) is 11.4 Å². The van der Waals surface area contributed by atoms with Crippen LogP contribution in [0.4, 0.5) is 4.39 Å². The fraction of sp³-hybridized carbons (Fsp3) is 0.333. The van der Waals surface area contributed by atoms with Crippen LogP contribution in [0.2, 0.25) is 5.02 Å². The van der Waals surface area contributed by atoms with Crippen LogP contribution in [-0.4, -0.2) is 14.8 Å². The van der Waals surface area contributed by atoms with Gasteiger partial charge in [0.25, 0.3) is 0 Å². The van der Waals surface area contributed by atoms with E-state index in [1.54, 1.807) is 12.1 Å². The number of hydrogen-bond donors (Lipinski definition) is 1. The van der Waals surface area contributed by atoms with Crippen LogP contribution in [0.5, 0.6) is 0 Å². The van der Waals surface area contributed by atoms with Crippen molar-refractivity contribution in [2.45, 2.75) is 25.4 Å². The van der Waals surface area contributed by atoms with Crippen molar-refractivity contribution < 1.29 is 4.39 Å². The molecule has 0 aliphatic heterocycles. The molecule has 0 atom stereocenters. The molecule has 1 aliphatic rings. The maximum absolute atomic E-state index is 13.5. The van der Waals surface area contributed by atoms with E-state index in [4.69, 9.17) is 17.3 Å². The second-order valence-electron chi connectivity index (χ2n) is 4.35. The van der Waals surface area contributed by atoms with Crippen molar-refractivity contribution in [2.24, 2.45) is 5.73 Å². The highest BCUT2D eigenvalue weighted by molar-refractivity contribution is 6.33. The Balaban J connectivity index is 2.17. The number of nitrogens with two attached hydrogens (primary N) is 1.